The predicted octanol–water partition coefficient (Wildman–Crippen LogP) is 2.79. The molecule has 1 saturated heterocycles. The molecule has 1 aromatic rings. The number of benzene rings is 1. The summed E-state index contributed by atoms with van der Waals surface area (Å²) >= 11 is 11.8. The monoisotopic (exact) mass is 313 g/mol. The van der Waals surface area contributed by atoms with Crippen molar-refractivity contribution >= 4 is 40.8 Å². The molecule has 0 aromatic heterocycles. The predicted molar refractivity (Wildman–Crippen MR) is 78.9 cm³/mol. The second-order valence-electron chi connectivity index (χ2n) is 4.56. The fraction of sp³-hybridized carbons (Fsp3) is 0.231. The number of anilines is 1. The molecular formula is C13H13Cl2N3O2. The summed E-state index contributed by atoms with van der Waals surface area (Å²) in [4.78, 5) is 28.6. The lowest BCUT2D eigenvalue weighted by molar-refractivity contribution is -0.114. The zero-order valence-corrected chi connectivity index (χ0v) is 12.7. The maximum Gasteiger partial charge on any atom is 0.336 e. The molecule has 20 heavy (non-hydrogen) atoms. The van der Waals surface area contributed by atoms with Gasteiger partial charge in [0.15, 0.2) is 0 Å². The van der Waals surface area contributed by atoms with Gasteiger partial charge < -0.3 is 4.90 Å². The Labute approximate surface area is 126 Å². The van der Waals surface area contributed by atoms with Gasteiger partial charge in [0.25, 0.3) is 5.91 Å². The molecule has 0 N–H and O–H groups in total. The van der Waals surface area contributed by atoms with Gasteiger partial charge in [0.2, 0.25) is 0 Å². The SMILES string of the molecule is CN(C)C=C1C(=O)N(c2ccc(Cl)c(Cl)c2)C(=O)N1C. The van der Waals surface area contributed by atoms with Crippen LogP contribution in [0.4, 0.5) is 10.5 Å². The van der Waals surface area contributed by atoms with Crippen LogP contribution in [0.2, 0.25) is 10.0 Å². The number of hydrogen-bond donors (Lipinski definition) is 0. The first-order chi connectivity index (χ1) is 9.32. The number of imide groups is 1. The first-order valence-corrected chi connectivity index (χ1v) is 6.54. The van der Waals surface area contributed by atoms with Crippen LogP contribution in [0, 0.1) is 0 Å². The molecule has 0 saturated carbocycles. The first kappa shape index (κ1) is 14.7. The Morgan fingerprint density at radius 1 is 1.15 bits per heavy atom. The smallest absolute Gasteiger partial charge is 0.336 e. The van der Waals surface area contributed by atoms with Crippen LogP contribution in [0.3, 0.4) is 0 Å². The minimum absolute atomic E-state index is 0.289. The van der Waals surface area contributed by atoms with Crippen molar-refractivity contribution in [1.82, 2.24) is 9.80 Å². The second kappa shape index (κ2) is 5.34. The summed E-state index contributed by atoms with van der Waals surface area (Å²) in [6, 6.07) is 4.19. The van der Waals surface area contributed by atoms with Gasteiger partial charge >= 0.3 is 6.03 Å². The maximum absolute atomic E-state index is 12.4. The van der Waals surface area contributed by atoms with Crippen molar-refractivity contribution < 1.29 is 9.59 Å². The number of rotatable bonds is 2. The van der Waals surface area contributed by atoms with Gasteiger partial charge in [0.1, 0.15) is 5.70 Å². The Balaban J connectivity index is 2.45. The van der Waals surface area contributed by atoms with Crippen molar-refractivity contribution in [3.63, 3.8) is 0 Å². The van der Waals surface area contributed by atoms with Crippen LogP contribution in [0.25, 0.3) is 0 Å². The third-order valence-corrected chi connectivity index (χ3v) is 3.54. The molecule has 1 aromatic carbocycles. The number of halogens is 2. The number of carbonyl (C=O) groups is 2. The van der Waals surface area contributed by atoms with E-state index in [0.29, 0.717) is 16.4 Å². The summed E-state index contributed by atoms with van der Waals surface area (Å²) < 4.78 is 0. The molecule has 1 aliphatic rings. The molecule has 3 amide bonds. The minimum atomic E-state index is -0.429. The highest BCUT2D eigenvalue weighted by Crippen LogP contribution is 2.31. The van der Waals surface area contributed by atoms with Crippen molar-refractivity contribution in [1.29, 1.82) is 0 Å². The normalized spacial score (nSPS) is 17.4. The second-order valence-corrected chi connectivity index (χ2v) is 5.37. The molecule has 0 unspecified atom stereocenters. The Morgan fingerprint density at radius 2 is 1.80 bits per heavy atom. The molecule has 0 radical (unpaired) electrons. The third-order valence-electron chi connectivity index (χ3n) is 2.80. The summed E-state index contributed by atoms with van der Waals surface area (Å²) in [6.45, 7) is 0. The average Bonchev–Trinajstić information content (AvgIpc) is 2.57. The van der Waals surface area contributed by atoms with Crippen molar-refractivity contribution in [3.8, 4) is 0 Å². The molecule has 1 heterocycles. The fourth-order valence-electron chi connectivity index (χ4n) is 1.84. The van der Waals surface area contributed by atoms with Gasteiger partial charge in [0, 0.05) is 27.3 Å². The highest BCUT2D eigenvalue weighted by Gasteiger charge is 2.40. The van der Waals surface area contributed by atoms with E-state index < -0.39 is 11.9 Å². The van der Waals surface area contributed by atoms with Crippen molar-refractivity contribution in [2.75, 3.05) is 26.0 Å². The largest absolute Gasteiger partial charge is 0.382 e. The van der Waals surface area contributed by atoms with E-state index in [1.165, 1.54) is 11.0 Å². The van der Waals surface area contributed by atoms with Crippen molar-refractivity contribution in [3.05, 3.63) is 40.1 Å². The summed E-state index contributed by atoms with van der Waals surface area (Å²) in [6.07, 6.45) is 1.59. The fourth-order valence-corrected chi connectivity index (χ4v) is 2.13. The number of nitrogens with zero attached hydrogens (tertiary/aromatic N) is 3. The Kier molecular flexibility index (Phi) is 3.92. The molecule has 1 fully saturated rings. The molecule has 0 bridgehead atoms. The minimum Gasteiger partial charge on any atom is -0.382 e. The van der Waals surface area contributed by atoms with E-state index in [2.05, 4.69) is 0 Å². The van der Waals surface area contributed by atoms with E-state index in [4.69, 9.17) is 23.2 Å². The zero-order chi connectivity index (χ0) is 15.0. The first-order valence-electron chi connectivity index (χ1n) is 5.78. The maximum atomic E-state index is 12.4. The van der Waals surface area contributed by atoms with Gasteiger partial charge in [0.05, 0.1) is 15.7 Å². The third kappa shape index (κ3) is 2.46. The molecule has 1 aliphatic heterocycles. The van der Waals surface area contributed by atoms with Gasteiger partial charge in [-0.3, -0.25) is 9.69 Å². The van der Waals surface area contributed by atoms with Crippen molar-refractivity contribution in [2.45, 2.75) is 0 Å². The molecule has 0 aliphatic carbocycles. The van der Waals surface area contributed by atoms with Gasteiger partial charge in [-0.2, -0.15) is 0 Å². The Morgan fingerprint density at radius 3 is 2.35 bits per heavy atom. The molecule has 2 rings (SSSR count). The van der Waals surface area contributed by atoms with E-state index in [-0.39, 0.29) is 5.02 Å². The molecule has 5 nitrogen and oxygen atoms in total. The quantitative estimate of drug-likeness (QED) is 0.623. The number of carbonyl (C=O) groups excluding carboxylic acids is 2. The summed E-state index contributed by atoms with van der Waals surface area (Å²) in [5.74, 6) is -0.399. The topological polar surface area (TPSA) is 43.9 Å². The van der Waals surface area contributed by atoms with Crippen LogP contribution >= 0.6 is 23.2 Å². The van der Waals surface area contributed by atoms with Crippen LogP contribution in [0.5, 0.6) is 0 Å². The van der Waals surface area contributed by atoms with Crippen LogP contribution < -0.4 is 4.90 Å². The number of hydrogen-bond acceptors (Lipinski definition) is 3. The standard InChI is InChI=1S/C13H13Cl2N3O2/c1-16(2)7-11-12(19)18(13(20)17(11)3)8-4-5-9(14)10(15)6-8/h4-7H,1-3H3. The molecular weight excluding hydrogens is 301 g/mol. The number of urea groups is 1. The molecule has 106 valence electrons. The molecule has 7 heteroatoms. The summed E-state index contributed by atoms with van der Waals surface area (Å²) in [5, 5.41) is 0.657. The average molecular weight is 314 g/mol. The lowest BCUT2D eigenvalue weighted by Gasteiger charge is -2.13. The van der Waals surface area contributed by atoms with E-state index >= 15 is 0 Å². The zero-order valence-electron chi connectivity index (χ0n) is 11.2. The van der Waals surface area contributed by atoms with E-state index in [1.54, 1.807) is 44.4 Å². The molecule has 0 spiro atoms. The van der Waals surface area contributed by atoms with E-state index in [9.17, 15) is 9.59 Å². The van der Waals surface area contributed by atoms with Crippen LogP contribution in [-0.4, -0.2) is 42.9 Å². The van der Waals surface area contributed by atoms with E-state index in [0.717, 1.165) is 4.90 Å². The number of likely N-dealkylation sites (N-methyl/N-ethyl adjacent to an activating group) is 1. The van der Waals surface area contributed by atoms with Gasteiger partial charge in [-0.1, -0.05) is 23.2 Å². The van der Waals surface area contributed by atoms with Gasteiger partial charge in [-0.05, 0) is 18.2 Å². The van der Waals surface area contributed by atoms with Crippen molar-refractivity contribution in [2.24, 2.45) is 0 Å². The van der Waals surface area contributed by atoms with E-state index in [1.807, 2.05) is 0 Å². The highest BCUT2D eigenvalue weighted by atomic mass is 35.5. The Hall–Kier alpha value is -1.72. The van der Waals surface area contributed by atoms with Gasteiger partial charge in [-0.15, -0.1) is 0 Å². The lowest BCUT2D eigenvalue weighted by atomic mass is 10.3. The highest BCUT2D eigenvalue weighted by molar-refractivity contribution is 6.42. The van der Waals surface area contributed by atoms with Crippen LogP contribution in [-0.2, 0) is 4.79 Å². The Bertz CT molecular complexity index is 614. The lowest BCUT2D eigenvalue weighted by Crippen LogP contribution is -2.31. The summed E-state index contributed by atoms with van der Waals surface area (Å²) in [7, 11) is 5.11. The van der Waals surface area contributed by atoms with Crippen LogP contribution in [0.1, 0.15) is 0 Å². The van der Waals surface area contributed by atoms with Crippen LogP contribution in [0.15, 0.2) is 30.1 Å². The van der Waals surface area contributed by atoms with Gasteiger partial charge in [-0.25, -0.2) is 9.69 Å². The molecule has 0 atom stereocenters. The summed E-state index contributed by atoms with van der Waals surface area (Å²) in [5.41, 5.74) is 0.689. The number of amides is 3.